The van der Waals surface area contributed by atoms with Crippen LogP contribution in [0.3, 0.4) is 0 Å². The molecule has 3 rings (SSSR count). The average molecular weight is 480 g/mol. The summed E-state index contributed by atoms with van der Waals surface area (Å²) in [6, 6.07) is 19.4. The van der Waals surface area contributed by atoms with Gasteiger partial charge >= 0.3 is 12.0 Å². The fourth-order valence-corrected chi connectivity index (χ4v) is 4.84. The van der Waals surface area contributed by atoms with Crippen LogP contribution >= 0.6 is 0 Å². The molecule has 1 saturated heterocycles. The fourth-order valence-electron chi connectivity index (χ4n) is 4.84. The summed E-state index contributed by atoms with van der Waals surface area (Å²) in [5, 5.41) is 12.3. The minimum Gasteiger partial charge on any atom is -0.480 e. The lowest BCUT2D eigenvalue weighted by molar-refractivity contribution is -0.139. The molecule has 1 aliphatic rings. The summed E-state index contributed by atoms with van der Waals surface area (Å²) in [5.74, 6) is -0.0585. The van der Waals surface area contributed by atoms with Crippen molar-refractivity contribution in [2.24, 2.45) is 11.8 Å². The van der Waals surface area contributed by atoms with Crippen molar-refractivity contribution in [3.63, 3.8) is 0 Å². The monoisotopic (exact) mass is 479 g/mol. The molecule has 0 saturated carbocycles. The van der Waals surface area contributed by atoms with E-state index in [0.29, 0.717) is 19.5 Å². The first-order valence-electron chi connectivity index (χ1n) is 13.0. The molecule has 2 N–H and O–H groups in total. The van der Waals surface area contributed by atoms with Gasteiger partial charge in [-0.2, -0.15) is 0 Å². The summed E-state index contributed by atoms with van der Waals surface area (Å²) in [6.07, 6.45) is 4.85. The number of hydrogen-bond donors (Lipinski definition) is 2. The highest BCUT2D eigenvalue weighted by Crippen LogP contribution is 2.22. The third kappa shape index (κ3) is 9.36. The summed E-state index contributed by atoms with van der Waals surface area (Å²) in [6.45, 7) is 8.14. The van der Waals surface area contributed by atoms with Crippen LogP contribution in [0.5, 0.6) is 0 Å². The van der Waals surface area contributed by atoms with Gasteiger partial charge < -0.3 is 20.2 Å². The molecule has 0 radical (unpaired) electrons. The molecule has 0 unspecified atom stereocenters. The maximum absolute atomic E-state index is 13.1. The Morgan fingerprint density at radius 2 is 1.60 bits per heavy atom. The number of likely N-dealkylation sites (tertiary alicyclic amines) is 1. The van der Waals surface area contributed by atoms with E-state index in [2.05, 4.69) is 40.5 Å². The lowest BCUT2D eigenvalue weighted by Gasteiger charge is -2.33. The topological polar surface area (TPSA) is 72.9 Å². The minimum atomic E-state index is -0.981. The van der Waals surface area contributed by atoms with Gasteiger partial charge in [-0.25, -0.2) is 9.59 Å². The number of urea groups is 1. The van der Waals surface area contributed by atoms with E-state index >= 15 is 0 Å². The second kappa shape index (κ2) is 13.9. The zero-order chi connectivity index (χ0) is 25.0. The van der Waals surface area contributed by atoms with Gasteiger partial charge in [-0.3, -0.25) is 0 Å². The van der Waals surface area contributed by atoms with Crippen molar-refractivity contribution in [2.45, 2.75) is 58.5 Å². The first kappa shape index (κ1) is 26.7. The summed E-state index contributed by atoms with van der Waals surface area (Å²) in [5.41, 5.74) is 2.46. The zero-order valence-electron chi connectivity index (χ0n) is 21.2. The number of carboxylic acids is 1. The molecular weight excluding hydrogens is 438 g/mol. The lowest BCUT2D eigenvalue weighted by atomic mass is 9.90. The van der Waals surface area contributed by atoms with Crippen molar-refractivity contribution < 1.29 is 14.7 Å². The first-order valence-corrected chi connectivity index (χ1v) is 13.0. The molecule has 0 spiro atoms. The van der Waals surface area contributed by atoms with E-state index in [1.807, 2.05) is 44.2 Å². The minimum absolute atomic E-state index is 0.184. The van der Waals surface area contributed by atoms with Crippen LogP contribution in [0.2, 0.25) is 0 Å². The number of carbonyl (C=O) groups is 2. The second-order valence-corrected chi connectivity index (χ2v) is 10.2. The highest BCUT2D eigenvalue weighted by molar-refractivity contribution is 5.82. The molecular formula is C29H41N3O3. The van der Waals surface area contributed by atoms with Crippen LogP contribution < -0.4 is 5.32 Å². The molecule has 2 aromatic rings. The van der Waals surface area contributed by atoms with E-state index in [4.69, 9.17) is 0 Å². The molecule has 1 fully saturated rings. The number of rotatable bonds is 12. The van der Waals surface area contributed by atoms with Crippen LogP contribution in [-0.2, 0) is 17.8 Å². The molecule has 0 bridgehead atoms. The molecule has 2 amide bonds. The Kier molecular flexibility index (Phi) is 10.6. The van der Waals surface area contributed by atoms with Crippen molar-refractivity contribution >= 4 is 12.0 Å². The Morgan fingerprint density at radius 3 is 2.17 bits per heavy atom. The van der Waals surface area contributed by atoms with Gasteiger partial charge in [0.05, 0.1) is 0 Å². The second-order valence-electron chi connectivity index (χ2n) is 10.2. The fraction of sp³-hybridized carbons (Fsp3) is 0.517. The largest absolute Gasteiger partial charge is 0.480 e. The number of nitrogens with zero attached hydrogens (tertiary/aromatic N) is 2. The van der Waals surface area contributed by atoms with Gasteiger partial charge in [-0.1, -0.05) is 74.5 Å². The van der Waals surface area contributed by atoms with Crippen molar-refractivity contribution in [2.75, 3.05) is 26.2 Å². The SMILES string of the molecule is CC(C)C[C@H](NC(=O)N(CCCN1CCC(Cc2ccccc2)CC1)Cc1ccccc1)C(=O)O. The number of carbonyl (C=O) groups excluding carboxylic acids is 1. The van der Waals surface area contributed by atoms with E-state index < -0.39 is 12.0 Å². The summed E-state index contributed by atoms with van der Waals surface area (Å²) in [4.78, 5) is 29.0. The quantitative estimate of drug-likeness (QED) is 0.447. The van der Waals surface area contributed by atoms with E-state index in [-0.39, 0.29) is 11.9 Å². The predicted octanol–water partition coefficient (Wildman–Crippen LogP) is 5.04. The van der Waals surface area contributed by atoms with Gasteiger partial charge in [0.1, 0.15) is 6.04 Å². The smallest absolute Gasteiger partial charge is 0.326 e. The Labute approximate surface area is 210 Å². The Hall–Kier alpha value is -2.86. The molecule has 6 heteroatoms. The van der Waals surface area contributed by atoms with Crippen LogP contribution in [0, 0.1) is 11.8 Å². The van der Waals surface area contributed by atoms with E-state index in [9.17, 15) is 14.7 Å². The molecule has 35 heavy (non-hydrogen) atoms. The third-order valence-electron chi connectivity index (χ3n) is 6.78. The van der Waals surface area contributed by atoms with Gasteiger partial charge in [0.15, 0.2) is 0 Å². The predicted molar refractivity (Wildman–Crippen MR) is 140 cm³/mol. The molecule has 190 valence electrons. The Morgan fingerprint density at radius 1 is 1.00 bits per heavy atom. The third-order valence-corrected chi connectivity index (χ3v) is 6.78. The number of nitrogens with one attached hydrogen (secondary N) is 1. The van der Waals surface area contributed by atoms with Crippen LogP contribution in [0.1, 0.15) is 50.7 Å². The standard InChI is InChI=1S/C29H41N3O3/c1-23(2)20-27(28(33)34)30-29(35)32(22-26-12-7-4-8-13-26)17-9-16-31-18-14-25(15-19-31)21-24-10-5-3-6-11-24/h3-8,10-13,23,25,27H,9,14-22H2,1-2H3,(H,30,35)(H,33,34)/t27-/m0/s1. The van der Waals surface area contributed by atoms with Crippen molar-refractivity contribution in [1.29, 1.82) is 0 Å². The molecule has 1 heterocycles. The zero-order valence-corrected chi connectivity index (χ0v) is 21.2. The van der Waals surface area contributed by atoms with Gasteiger partial charge in [0.25, 0.3) is 0 Å². The summed E-state index contributed by atoms with van der Waals surface area (Å²) >= 11 is 0. The van der Waals surface area contributed by atoms with Crippen molar-refractivity contribution in [1.82, 2.24) is 15.1 Å². The van der Waals surface area contributed by atoms with Gasteiger partial charge in [0, 0.05) is 13.1 Å². The van der Waals surface area contributed by atoms with Gasteiger partial charge in [-0.05, 0) is 74.7 Å². The molecule has 0 aromatic heterocycles. The first-order chi connectivity index (χ1) is 16.9. The maximum atomic E-state index is 13.1. The number of benzene rings is 2. The van der Waals surface area contributed by atoms with Gasteiger partial charge in [-0.15, -0.1) is 0 Å². The summed E-state index contributed by atoms with van der Waals surface area (Å²) < 4.78 is 0. The Balaban J connectivity index is 1.50. The van der Waals surface area contributed by atoms with Crippen LogP contribution in [0.4, 0.5) is 4.79 Å². The number of aliphatic carboxylic acids is 1. The molecule has 0 aliphatic carbocycles. The van der Waals surface area contributed by atoms with E-state index in [1.54, 1.807) is 4.90 Å². The Bertz CT molecular complexity index is 896. The number of amides is 2. The highest BCUT2D eigenvalue weighted by atomic mass is 16.4. The number of hydrogen-bond acceptors (Lipinski definition) is 3. The number of piperidine rings is 1. The van der Waals surface area contributed by atoms with Crippen LogP contribution in [0.25, 0.3) is 0 Å². The normalized spacial score (nSPS) is 15.6. The molecule has 6 nitrogen and oxygen atoms in total. The lowest BCUT2D eigenvalue weighted by Crippen LogP contribution is -2.48. The van der Waals surface area contributed by atoms with Crippen molar-refractivity contribution in [3.8, 4) is 0 Å². The molecule has 2 aromatic carbocycles. The van der Waals surface area contributed by atoms with Gasteiger partial charge in [0.2, 0.25) is 0 Å². The molecule has 1 atom stereocenters. The van der Waals surface area contributed by atoms with E-state index in [1.165, 1.54) is 18.4 Å². The van der Waals surface area contributed by atoms with Crippen LogP contribution in [0.15, 0.2) is 60.7 Å². The maximum Gasteiger partial charge on any atom is 0.326 e. The average Bonchev–Trinajstić information content (AvgIpc) is 2.85. The highest BCUT2D eigenvalue weighted by Gasteiger charge is 2.25. The van der Waals surface area contributed by atoms with E-state index in [0.717, 1.165) is 44.0 Å². The summed E-state index contributed by atoms with van der Waals surface area (Å²) in [7, 11) is 0. The van der Waals surface area contributed by atoms with Crippen molar-refractivity contribution in [3.05, 3.63) is 71.8 Å². The molecule has 1 aliphatic heterocycles. The number of carboxylic acid groups (broad SMARTS) is 1. The van der Waals surface area contributed by atoms with Crippen LogP contribution in [-0.4, -0.2) is 59.1 Å².